The number of rotatable bonds is 3. The minimum atomic E-state index is -5.08. The van der Waals surface area contributed by atoms with Gasteiger partial charge in [0.1, 0.15) is 5.76 Å². The maximum Gasteiger partial charge on any atom is 0.490 e. The smallest absolute Gasteiger partial charge is 0.475 e. The molecule has 4 rings (SSSR count). The number of likely N-dealkylation sites (tertiary alicyclic amines) is 1. The predicted octanol–water partition coefficient (Wildman–Crippen LogP) is 2.03. The Morgan fingerprint density at radius 3 is 2.64 bits per heavy atom. The van der Waals surface area contributed by atoms with Crippen molar-refractivity contribution < 1.29 is 32.3 Å². The lowest BCUT2D eigenvalue weighted by molar-refractivity contribution is -0.192. The quantitative estimate of drug-likeness (QED) is 0.848. The van der Waals surface area contributed by atoms with Gasteiger partial charge in [0, 0.05) is 32.3 Å². The molecule has 0 aliphatic carbocycles. The number of hydrogen-bond donors (Lipinski definition) is 1. The van der Waals surface area contributed by atoms with Crippen molar-refractivity contribution in [2.75, 3.05) is 11.4 Å². The number of aromatic nitrogens is 2. The van der Waals surface area contributed by atoms with Gasteiger partial charge in [-0.25, -0.2) is 4.79 Å². The lowest BCUT2D eigenvalue weighted by Crippen LogP contribution is -2.37. The molecule has 2 aromatic rings. The standard InChI is InChI=1S/C15H18N4O2.C2HF3O2/c1-17-9-11(8-16-17)19-13-4-5-18(14(13)7-15(19)20)10-12-3-2-6-21-12;3-2(4,5)1(6)7/h2-3,6,8-9,13-14H,4-5,7,10H2,1H3;(H,6,7)/t13-,14+;/m0./s1. The van der Waals surface area contributed by atoms with Crippen LogP contribution in [0.5, 0.6) is 0 Å². The van der Waals surface area contributed by atoms with Gasteiger partial charge in [0.2, 0.25) is 5.91 Å². The molecule has 8 nitrogen and oxygen atoms in total. The second-order valence-electron chi connectivity index (χ2n) is 6.62. The van der Waals surface area contributed by atoms with Crippen LogP contribution in [0.1, 0.15) is 18.6 Å². The van der Waals surface area contributed by atoms with E-state index in [2.05, 4.69) is 10.00 Å². The molecule has 152 valence electrons. The third-order valence-electron chi connectivity index (χ3n) is 4.76. The van der Waals surface area contributed by atoms with Crippen LogP contribution < -0.4 is 4.90 Å². The average molecular weight is 400 g/mol. The van der Waals surface area contributed by atoms with E-state index in [-0.39, 0.29) is 18.0 Å². The number of carboxylic acids is 1. The Labute approximate surface area is 158 Å². The lowest BCUT2D eigenvalue weighted by atomic mass is 10.1. The number of carbonyl (C=O) groups is 2. The maximum absolute atomic E-state index is 12.4. The summed E-state index contributed by atoms with van der Waals surface area (Å²) >= 11 is 0. The van der Waals surface area contributed by atoms with Crippen molar-refractivity contribution in [1.82, 2.24) is 14.7 Å². The van der Waals surface area contributed by atoms with Gasteiger partial charge in [0.05, 0.1) is 30.7 Å². The van der Waals surface area contributed by atoms with E-state index in [1.54, 1.807) is 17.1 Å². The molecule has 0 unspecified atom stereocenters. The van der Waals surface area contributed by atoms with E-state index in [0.717, 1.165) is 31.0 Å². The largest absolute Gasteiger partial charge is 0.490 e. The fourth-order valence-electron chi connectivity index (χ4n) is 3.60. The molecular weight excluding hydrogens is 381 g/mol. The van der Waals surface area contributed by atoms with Gasteiger partial charge in [0.15, 0.2) is 0 Å². The third-order valence-corrected chi connectivity index (χ3v) is 4.76. The second-order valence-corrected chi connectivity index (χ2v) is 6.62. The molecule has 0 radical (unpaired) electrons. The normalized spacial score (nSPS) is 22.1. The number of halogens is 3. The molecule has 11 heteroatoms. The van der Waals surface area contributed by atoms with Gasteiger partial charge < -0.3 is 14.4 Å². The summed E-state index contributed by atoms with van der Waals surface area (Å²) in [6.45, 7) is 1.78. The molecule has 2 aromatic heterocycles. The Hall–Kier alpha value is -2.82. The first-order valence-electron chi connectivity index (χ1n) is 8.54. The highest BCUT2D eigenvalue weighted by atomic mass is 19.4. The van der Waals surface area contributed by atoms with E-state index in [0.29, 0.717) is 6.42 Å². The first kappa shape index (κ1) is 19.9. The van der Waals surface area contributed by atoms with Crippen LogP contribution >= 0.6 is 0 Å². The predicted molar refractivity (Wildman–Crippen MR) is 90.3 cm³/mol. The van der Waals surface area contributed by atoms with Gasteiger partial charge in [-0.1, -0.05) is 0 Å². The molecule has 2 fully saturated rings. The summed E-state index contributed by atoms with van der Waals surface area (Å²) in [4.78, 5) is 25.6. The minimum absolute atomic E-state index is 0.196. The number of amides is 1. The Morgan fingerprint density at radius 2 is 2.11 bits per heavy atom. The van der Waals surface area contributed by atoms with Gasteiger partial charge in [-0.3, -0.25) is 14.4 Å². The van der Waals surface area contributed by atoms with Crippen molar-refractivity contribution >= 4 is 17.6 Å². The SMILES string of the molecule is Cn1cc(N2C(=O)C[C@@H]3[C@@H]2CCN3Cc2ccco2)cn1.O=C(O)C(F)(F)F. The van der Waals surface area contributed by atoms with Crippen molar-refractivity contribution in [3.63, 3.8) is 0 Å². The van der Waals surface area contributed by atoms with E-state index in [1.807, 2.05) is 30.3 Å². The second kappa shape index (κ2) is 7.66. The zero-order valence-corrected chi connectivity index (χ0v) is 15.0. The summed E-state index contributed by atoms with van der Waals surface area (Å²) in [7, 11) is 1.87. The molecule has 2 aliphatic heterocycles. The van der Waals surface area contributed by atoms with Crippen molar-refractivity contribution in [3.05, 3.63) is 36.5 Å². The van der Waals surface area contributed by atoms with Crippen molar-refractivity contribution in [2.45, 2.75) is 37.6 Å². The summed E-state index contributed by atoms with van der Waals surface area (Å²) in [5.41, 5.74) is 0.912. The van der Waals surface area contributed by atoms with E-state index in [4.69, 9.17) is 14.3 Å². The Kier molecular flexibility index (Phi) is 5.45. The number of nitrogens with zero attached hydrogens (tertiary/aromatic N) is 4. The van der Waals surface area contributed by atoms with Crippen LogP contribution in [0.3, 0.4) is 0 Å². The van der Waals surface area contributed by atoms with Crippen LogP contribution in [-0.2, 0) is 23.2 Å². The van der Waals surface area contributed by atoms with Crippen molar-refractivity contribution in [1.29, 1.82) is 0 Å². The van der Waals surface area contributed by atoms with E-state index in [1.165, 1.54) is 0 Å². The number of alkyl halides is 3. The highest BCUT2D eigenvalue weighted by molar-refractivity contribution is 5.97. The fraction of sp³-hybridized carbons (Fsp3) is 0.471. The molecule has 0 bridgehead atoms. The highest BCUT2D eigenvalue weighted by Crippen LogP contribution is 2.36. The molecular formula is C17H19F3N4O4. The van der Waals surface area contributed by atoms with E-state index in [9.17, 15) is 18.0 Å². The van der Waals surface area contributed by atoms with Crippen LogP contribution in [-0.4, -0.2) is 56.5 Å². The van der Waals surface area contributed by atoms with Gasteiger partial charge in [-0.2, -0.15) is 18.3 Å². The number of carbonyl (C=O) groups excluding carboxylic acids is 1. The molecule has 2 saturated heterocycles. The molecule has 4 heterocycles. The number of furan rings is 1. The number of carboxylic acid groups (broad SMARTS) is 1. The van der Waals surface area contributed by atoms with Crippen LogP contribution in [0.2, 0.25) is 0 Å². The number of aryl methyl sites for hydroxylation is 1. The van der Waals surface area contributed by atoms with Crippen LogP contribution in [0.25, 0.3) is 0 Å². The number of hydrogen-bond acceptors (Lipinski definition) is 5. The molecule has 0 aromatic carbocycles. The van der Waals surface area contributed by atoms with Crippen LogP contribution in [0.4, 0.5) is 18.9 Å². The molecule has 1 amide bonds. The number of anilines is 1. The van der Waals surface area contributed by atoms with Crippen molar-refractivity contribution in [3.8, 4) is 0 Å². The Morgan fingerprint density at radius 1 is 1.39 bits per heavy atom. The summed E-state index contributed by atoms with van der Waals surface area (Å²) < 4.78 is 38.9. The Bertz CT molecular complexity index is 834. The molecule has 1 N–H and O–H groups in total. The van der Waals surface area contributed by atoms with Crippen LogP contribution in [0.15, 0.2) is 35.2 Å². The molecule has 2 aliphatic rings. The fourth-order valence-corrected chi connectivity index (χ4v) is 3.60. The van der Waals surface area contributed by atoms with Gasteiger partial charge in [0.25, 0.3) is 0 Å². The summed E-state index contributed by atoms with van der Waals surface area (Å²) in [5.74, 6) is -1.60. The molecule has 0 spiro atoms. The first-order chi connectivity index (χ1) is 13.2. The molecule has 2 atom stereocenters. The summed E-state index contributed by atoms with van der Waals surface area (Å²) in [6.07, 6.45) is 1.89. The summed E-state index contributed by atoms with van der Waals surface area (Å²) in [5, 5.41) is 11.3. The van der Waals surface area contributed by atoms with Gasteiger partial charge >= 0.3 is 12.1 Å². The van der Waals surface area contributed by atoms with Gasteiger partial charge in [-0.15, -0.1) is 0 Å². The third kappa shape index (κ3) is 4.19. The average Bonchev–Trinajstić information content (AvgIpc) is 3.35. The monoisotopic (exact) mass is 400 g/mol. The first-order valence-corrected chi connectivity index (χ1v) is 8.54. The number of aliphatic carboxylic acids is 1. The summed E-state index contributed by atoms with van der Waals surface area (Å²) in [6, 6.07) is 4.44. The van der Waals surface area contributed by atoms with Crippen LogP contribution in [0, 0.1) is 0 Å². The Balaban J connectivity index is 0.000000279. The number of fused-ring (bicyclic) bond motifs is 1. The lowest BCUT2D eigenvalue weighted by Gasteiger charge is -2.23. The zero-order chi connectivity index (χ0) is 20.5. The topological polar surface area (TPSA) is 91.8 Å². The van der Waals surface area contributed by atoms with E-state index >= 15 is 0 Å². The zero-order valence-electron chi connectivity index (χ0n) is 15.0. The van der Waals surface area contributed by atoms with E-state index < -0.39 is 12.1 Å². The molecule has 0 saturated carbocycles. The minimum Gasteiger partial charge on any atom is -0.475 e. The highest BCUT2D eigenvalue weighted by Gasteiger charge is 2.47. The van der Waals surface area contributed by atoms with Crippen molar-refractivity contribution in [2.24, 2.45) is 7.05 Å². The maximum atomic E-state index is 12.4. The van der Waals surface area contributed by atoms with Gasteiger partial charge in [-0.05, 0) is 18.6 Å². The molecule has 28 heavy (non-hydrogen) atoms.